The Hall–Kier alpha value is -2.63. The Kier molecular flexibility index (Phi) is 5.94. The molecule has 1 heterocycles. The van der Waals surface area contributed by atoms with Gasteiger partial charge >= 0.3 is 0 Å². The molecule has 5 nitrogen and oxygen atoms in total. The fourth-order valence-corrected chi connectivity index (χ4v) is 3.05. The highest BCUT2D eigenvalue weighted by molar-refractivity contribution is 6.31. The number of aliphatic hydroxyl groups is 1. The molecule has 1 aromatic heterocycles. The predicted octanol–water partition coefficient (Wildman–Crippen LogP) is 3.88. The fourth-order valence-electron chi connectivity index (χ4n) is 2.85. The monoisotopic (exact) mass is 383 g/mol. The first-order chi connectivity index (χ1) is 13.0. The topological polar surface area (TPSA) is 67.2 Å². The van der Waals surface area contributed by atoms with Crippen molar-refractivity contribution < 1.29 is 9.90 Å². The molecule has 3 aromatic rings. The number of rotatable bonds is 6. The number of nitrogens with one attached hydrogen (secondary N) is 1. The van der Waals surface area contributed by atoms with Gasteiger partial charge in [-0.2, -0.15) is 5.10 Å². The molecule has 0 aliphatic carbocycles. The number of hydrogen-bond acceptors (Lipinski definition) is 3. The first-order valence-electron chi connectivity index (χ1n) is 8.80. The Morgan fingerprint density at radius 2 is 1.96 bits per heavy atom. The molecule has 0 saturated heterocycles. The maximum atomic E-state index is 12.3. The number of benzene rings is 2. The molecule has 0 aliphatic heterocycles. The van der Waals surface area contributed by atoms with Gasteiger partial charge in [-0.25, -0.2) is 0 Å². The number of aromatic nitrogens is 2. The number of nitrogens with zero attached hydrogens (tertiary/aromatic N) is 2. The zero-order chi connectivity index (χ0) is 19.4. The molecule has 0 spiro atoms. The summed E-state index contributed by atoms with van der Waals surface area (Å²) in [7, 11) is 0. The average molecular weight is 384 g/mol. The summed E-state index contributed by atoms with van der Waals surface area (Å²) in [4.78, 5) is 12.3. The normalized spacial score (nSPS) is 11.0. The molecule has 27 heavy (non-hydrogen) atoms. The van der Waals surface area contributed by atoms with Crippen molar-refractivity contribution in [2.45, 2.75) is 33.0 Å². The molecular weight excluding hydrogens is 362 g/mol. The van der Waals surface area contributed by atoms with Crippen LogP contribution in [-0.4, -0.2) is 26.8 Å². The molecule has 0 saturated carbocycles. The van der Waals surface area contributed by atoms with Crippen LogP contribution in [0.3, 0.4) is 0 Å². The van der Waals surface area contributed by atoms with E-state index in [-0.39, 0.29) is 18.6 Å². The average Bonchev–Trinajstić information content (AvgIpc) is 3.06. The molecule has 0 aliphatic rings. The van der Waals surface area contributed by atoms with Crippen LogP contribution in [-0.2, 0) is 13.2 Å². The minimum absolute atomic E-state index is 0.0629. The largest absolute Gasteiger partial charge is 0.390 e. The van der Waals surface area contributed by atoms with Crippen LogP contribution in [0.2, 0.25) is 5.02 Å². The number of amides is 1. The lowest BCUT2D eigenvalue weighted by atomic mass is 10.1. The Labute approximate surface area is 163 Å². The van der Waals surface area contributed by atoms with Crippen LogP contribution >= 0.6 is 11.6 Å². The van der Waals surface area contributed by atoms with Gasteiger partial charge in [-0.05, 0) is 43.7 Å². The summed E-state index contributed by atoms with van der Waals surface area (Å²) in [6.45, 7) is 4.16. The third-order valence-corrected chi connectivity index (χ3v) is 4.48. The van der Waals surface area contributed by atoms with Gasteiger partial charge < -0.3 is 10.4 Å². The van der Waals surface area contributed by atoms with Crippen LogP contribution in [0.5, 0.6) is 0 Å². The Bertz CT molecular complexity index is 950. The van der Waals surface area contributed by atoms with Crippen LogP contribution in [0.1, 0.15) is 35.5 Å². The smallest absolute Gasteiger partial charge is 0.251 e. The van der Waals surface area contributed by atoms with Gasteiger partial charge in [0.15, 0.2) is 0 Å². The molecule has 0 radical (unpaired) electrons. The lowest BCUT2D eigenvalue weighted by Gasteiger charge is -2.11. The fraction of sp³-hybridized carbons (Fsp3) is 0.238. The first kappa shape index (κ1) is 19.1. The summed E-state index contributed by atoms with van der Waals surface area (Å²) < 4.78 is 1.80. The Morgan fingerprint density at radius 3 is 2.67 bits per heavy atom. The molecule has 140 valence electrons. The summed E-state index contributed by atoms with van der Waals surface area (Å²) in [5.41, 5.74) is 3.75. The van der Waals surface area contributed by atoms with Crippen molar-refractivity contribution in [1.29, 1.82) is 0 Å². The summed E-state index contributed by atoms with van der Waals surface area (Å²) >= 11 is 6.28. The molecule has 3 rings (SSSR count). The van der Waals surface area contributed by atoms with E-state index >= 15 is 0 Å². The lowest BCUT2D eigenvalue weighted by molar-refractivity contribution is 0.0943. The van der Waals surface area contributed by atoms with Gasteiger partial charge in [0.05, 0.1) is 24.5 Å². The van der Waals surface area contributed by atoms with Crippen molar-refractivity contribution in [1.82, 2.24) is 15.1 Å². The van der Waals surface area contributed by atoms with Crippen LogP contribution in [0, 0.1) is 0 Å². The molecular formula is C21H22ClN3O2. The third-order valence-electron chi connectivity index (χ3n) is 4.11. The maximum Gasteiger partial charge on any atom is 0.251 e. The molecule has 0 bridgehead atoms. The van der Waals surface area contributed by atoms with E-state index in [9.17, 15) is 9.90 Å². The molecule has 2 aromatic carbocycles. The number of hydrogen-bond donors (Lipinski definition) is 2. The van der Waals surface area contributed by atoms with Crippen LogP contribution in [0.15, 0.2) is 54.6 Å². The summed E-state index contributed by atoms with van der Waals surface area (Å²) in [5, 5.41) is 17.5. The van der Waals surface area contributed by atoms with Crippen molar-refractivity contribution in [3.05, 3.63) is 76.4 Å². The highest BCUT2D eigenvalue weighted by Gasteiger charge is 2.14. The SMILES string of the molecule is CC(C)NC(=O)c1cccc(-c2cc(CO)nn2Cc2ccccc2Cl)c1. The number of carbonyl (C=O) groups is 1. The molecule has 6 heteroatoms. The van der Waals surface area contributed by atoms with Crippen molar-refractivity contribution in [2.24, 2.45) is 0 Å². The first-order valence-corrected chi connectivity index (χ1v) is 9.18. The van der Waals surface area contributed by atoms with E-state index in [1.54, 1.807) is 10.7 Å². The van der Waals surface area contributed by atoms with Gasteiger partial charge in [0, 0.05) is 22.2 Å². The summed E-state index contributed by atoms with van der Waals surface area (Å²) in [5.74, 6) is -0.119. The minimum atomic E-state index is -0.157. The second kappa shape index (κ2) is 8.37. The minimum Gasteiger partial charge on any atom is -0.390 e. The molecule has 1 amide bonds. The number of halogens is 1. The van der Waals surface area contributed by atoms with Crippen molar-refractivity contribution in [3.8, 4) is 11.3 Å². The van der Waals surface area contributed by atoms with E-state index in [0.717, 1.165) is 16.8 Å². The van der Waals surface area contributed by atoms with Gasteiger partial charge in [0.2, 0.25) is 0 Å². The second-order valence-corrected chi connectivity index (χ2v) is 7.04. The lowest BCUT2D eigenvalue weighted by Crippen LogP contribution is -2.30. The van der Waals surface area contributed by atoms with Gasteiger partial charge in [-0.15, -0.1) is 0 Å². The quantitative estimate of drug-likeness (QED) is 0.678. The molecule has 0 fully saturated rings. The van der Waals surface area contributed by atoms with Crippen LogP contribution in [0.4, 0.5) is 0 Å². The van der Waals surface area contributed by atoms with Crippen LogP contribution in [0.25, 0.3) is 11.3 Å². The molecule has 0 atom stereocenters. The van der Waals surface area contributed by atoms with Crippen molar-refractivity contribution >= 4 is 17.5 Å². The Balaban J connectivity index is 1.98. The number of carbonyl (C=O) groups excluding carboxylic acids is 1. The summed E-state index contributed by atoms with van der Waals surface area (Å²) in [6.07, 6.45) is 0. The standard InChI is InChI=1S/C21H22ClN3O2/c1-14(2)23-21(27)16-8-5-7-15(10-16)20-11-18(13-26)24-25(20)12-17-6-3-4-9-19(17)22/h3-11,14,26H,12-13H2,1-2H3,(H,23,27). The van der Waals surface area contributed by atoms with Crippen molar-refractivity contribution in [2.75, 3.05) is 0 Å². The maximum absolute atomic E-state index is 12.3. The second-order valence-electron chi connectivity index (χ2n) is 6.64. The van der Waals surface area contributed by atoms with E-state index in [2.05, 4.69) is 10.4 Å². The van der Waals surface area contributed by atoms with Gasteiger partial charge in [0.1, 0.15) is 0 Å². The zero-order valence-corrected chi connectivity index (χ0v) is 16.1. The molecule has 0 unspecified atom stereocenters. The van der Waals surface area contributed by atoms with Crippen molar-refractivity contribution in [3.63, 3.8) is 0 Å². The number of aliphatic hydroxyl groups excluding tert-OH is 1. The van der Waals surface area contributed by atoms with E-state index in [0.29, 0.717) is 22.8 Å². The van der Waals surface area contributed by atoms with Gasteiger partial charge in [0.25, 0.3) is 5.91 Å². The Morgan fingerprint density at radius 1 is 1.19 bits per heavy atom. The third kappa shape index (κ3) is 4.56. The van der Waals surface area contributed by atoms with Crippen LogP contribution < -0.4 is 5.32 Å². The van der Waals surface area contributed by atoms with E-state index in [1.165, 1.54) is 0 Å². The zero-order valence-electron chi connectivity index (χ0n) is 15.3. The summed E-state index contributed by atoms with van der Waals surface area (Å²) in [6, 6.07) is 16.9. The van der Waals surface area contributed by atoms with E-state index in [4.69, 9.17) is 11.6 Å². The van der Waals surface area contributed by atoms with Gasteiger partial charge in [-0.3, -0.25) is 9.48 Å². The highest BCUT2D eigenvalue weighted by atomic mass is 35.5. The predicted molar refractivity (Wildman–Crippen MR) is 107 cm³/mol. The molecule has 2 N–H and O–H groups in total. The highest BCUT2D eigenvalue weighted by Crippen LogP contribution is 2.25. The van der Waals surface area contributed by atoms with Gasteiger partial charge in [-0.1, -0.05) is 41.9 Å². The van der Waals surface area contributed by atoms with E-state index in [1.807, 2.05) is 62.4 Å². The van der Waals surface area contributed by atoms with E-state index < -0.39 is 0 Å².